The van der Waals surface area contributed by atoms with Gasteiger partial charge in [-0.2, -0.15) is 8.42 Å². The van der Waals surface area contributed by atoms with Crippen molar-refractivity contribution < 1.29 is 30.6 Å². The molecule has 312 valence electrons. The van der Waals surface area contributed by atoms with Crippen LogP contribution < -0.4 is 10.9 Å². The van der Waals surface area contributed by atoms with Crippen LogP contribution in [0.4, 0.5) is 10.6 Å². The van der Waals surface area contributed by atoms with E-state index in [0.29, 0.717) is 54.8 Å². The van der Waals surface area contributed by atoms with Crippen molar-refractivity contribution in [1.82, 2.24) is 19.4 Å². The number of rotatable bonds is 18. The number of thiophene rings is 1. The number of aryl methyl sites for hydroxylation is 1. The Bertz CT molecular complexity index is 2270. The molecule has 1 saturated heterocycles. The summed E-state index contributed by atoms with van der Waals surface area (Å²) in [4.78, 5) is 39.8. The largest absolute Gasteiger partial charge is 0.444 e. The number of carbonyl (C=O) groups excluding carboxylic acids is 1. The van der Waals surface area contributed by atoms with Crippen molar-refractivity contribution in [3.8, 4) is 10.4 Å². The third-order valence-electron chi connectivity index (χ3n) is 10.1. The van der Waals surface area contributed by atoms with Gasteiger partial charge < -0.3 is 15.0 Å². The quantitative estimate of drug-likeness (QED) is 0.0760. The fourth-order valence-corrected chi connectivity index (χ4v) is 10.0. The molecule has 0 unspecified atom stereocenters. The number of ether oxygens (including phenoxy) is 1. The van der Waals surface area contributed by atoms with Crippen LogP contribution >= 0.6 is 11.3 Å². The summed E-state index contributed by atoms with van der Waals surface area (Å²) < 4.78 is 60.0. The molecular formula is C41H57N5O8S3. The third-order valence-corrected chi connectivity index (χ3v) is 14.3. The molecule has 57 heavy (non-hydrogen) atoms. The highest BCUT2D eigenvalue weighted by molar-refractivity contribution is 7.91. The summed E-state index contributed by atoms with van der Waals surface area (Å²) >= 11 is 1.65. The number of hydrogen-bond acceptors (Lipinski definition) is 12. The zero-order chi connectivity index (χ0) is 41.4. The number of amides is 1. The fraction of sp³-hybridized carbons (Fsp3) is 0.561. The van der Waals surface area contributed by atoms with Crippen LogP contribution in [0.3, 0.4) is 0 Å². The van der Waals surface area contributed by atoms with Crippen molar-refractivity contribution in [2.24, 2.45) is 0 Å². The van der Waals surface area contributed by atoms with Crippen molar-refractivity contribution in [2.45, 2.75) is 117 Å². The van der Waals surface area contributed by atoms with Gasteiger partial charge in [0.1, 0.15) is 33.2 Å². The van der Waals surface area contributed by atoms with E-state index in [9.17, 15) is 26.4 Å². The van der Waals surface area contributed by atoms with Crippen LogP contribution in [0.1, 0.15) is 114 Å². The van der Waals surface area contributed by atoms with Crippen LogP contribution in [0.5, 0.6) is 0 Å². The number of sulfone groups is 1. The summed E-state index contributed by atoms with van der Waals surface area (Å²) in [5.41, 5.74) is 2.42. The Hall–Kier alpha value is -3.86. The first-order valence-electron chi connectivity index (χ1n) is 19.8. The highest BCUT2D eigenvalue weighted by atomic mass is 32.2. The lowest BCUT2D eigenvalue weighted by atomic mass is 9.93. The van der Waals surface area contributed by atoms with Gasteiger partial charge in [-0.15, -0.1) is 11.3 Å². The molecule has 1 atom stereocenters. The van der Waals surface area contributed by atoms with Crippen molar-refractivity contribution in [3.63, 3.8) is 0 Å². The highest BCUT2D eigenvalue weighted by Crippen LogP contribution is 2.36. The lowest BCUT2D eigenvalue weighted by Gasteiger charge is -2.25. The number of pyridine rings is 1. The molecule has 1 aliphatic rings. The van der Waals surface area contributed by atoms with Crippen molar-refractivity contribution in [2.75, 3.05) is 36.2 Å². The first kappa shape index (κ1) is 44.2. The van der Waals surface area contributed by atoms with E-state index in [1.807, 2.05) is 45.0 Å². The minimum atomic E-state index is -3.43. The van der Waals surface area contributed by atoms with Gasteiger partial charge in [0.2, 0.25) is 0 Å². The van der Waals surface area contributed by atoms with Crippen molar-refractivity contribution in [1.29, 1.82) is 0 Å². The molecular weight excluding hydrogens is 787 g/mol. The van der Waals surface area contributed by atoms with Gasteiger partial charge >= 0.3 is 6.09 Å². The lowest BCUT2D eigenvalue weighted by molar-refractivity contribution is 0.0285. The molecule has 4 heterocycles. The first-order chi connectivity index (χ1) is 27.0. The molecule has 1 aromatic carbocycles. The lowest BCUT2D eigenvalue weighted by Crippen LogP contribution is -2.33. The van der Waals surface area contributed by atoms with E-state index in [1.54, 1.807) is 34.8 Å². The van der Waals surface area contributed by atoms with Crippen LogP contribution in [0.15, 0.2) is 53.6 Å². The molecule has 1 aliphatic heterocycles. The Morgan fingerprint density at radius 2 is 1.72 bits per heavy atom. The van der Waals surface area contributed by atoms with Crippen molar-refractivity contribution in [3.05, 3.63) is 75.1 Å². The smallest absolute Gasteiger partial charge is 0.410 e. The van der Waals surface area contributed by atoms with Crippen molar-refractivity contribution >= 4 is 54.2 Å². The molecule has 5 rings (SSSR count). The van der Waals surface area contributed by atoms with Gasteiger partial charge in [0.05, 0.1) is 35.3 Å². The number of nitrogens with one attached hydrogen (secondary N) is 1. The predicted molar refractivity (Wildman–Crippen MR) is 227 cm³/mol. The molecule has 1 fully saturated rings. The van der Waals surface area contributed by atoms with Gasteiger partial charge in [-0.1, -0.05) is 49.9 Å². The summed E-state index contributed by atoms with van der Waals surface area (Å²) in [7, 11) is -4.82. The number of hydrogen-bond donors (Lipinski definition) is 1. The number of carbonyl (C=O) groups is 1. The third kappa shape index (κ3) is 12.3. The standard InChI is InChI=1S/C41H57N5O8S3/c1-7-57(51,52)53-23-15-11-9-8-10-14-22-46-38-34(26-33(39(46)47)30-20-24-56(49,50)25-21-30)37(42-28-43-38)44-29(2)35-18-19-36(55-35)32-17-13-12-16-31(32)27-45(6)40(48)54-41(3,4)5/h12-13,16-19,26,28-30H,7-11,14-15,20-25,27H2,1-6H3,(H,42,43,44)/t29-/m1/s1. The average Bonchev–Trinajstić information content (AvgIpc) is 3.65. The van der Waals surface area contributed by atoms with Gasteiger partial charge in [-0.3, -0.25) is 13.5 Å². The second-order valence-electron chi connectivity index (χ2n) is 15.8. The molecule has 0 saturated carbocycles. The molecule has 3 aromatic heterocycles. The van der Waals surface area contributed by atoms with E-state index in [0.717, 1.165) is 53.0 Å². The molecule has 4 aromatic rings. The molecule has 13 nitrogen and oxygen atoms in total. The Morgan fingerprint density at radius 1 is 1.04 bits per heavy atom. The molecule has 1 N–H and O–H groups in total. The van der Waals surface area contributed by atoms with E-state index in [2.05, 4.69) is 40.4 Å². The van der Waals surface area contributed by atoms with Crippen LogP contribution in [0, 0.1) is 0 Å². The number of anilines is 1. The summed E-state index contributed by atoms with van der Waals surface area (Å²) in [6.45, 7) is 10.2. The highest BCUT2D eigenvalue weighted by Gasteiger charge is 2.28. The minimum absolute atomic E-state index is 0.0339. The minimum Gasteiger partial charge on any atom is -0.444 e. The van der Waals surface area contributed by atoms with Gasteiger partial charge in [-0.05, 0) is 95.5 Å². The number of nitrogens with zero attached hydrogens (tertiary/aromatic N) is 4. The van der Waals surface area contributed by atoms with E-state index in [-0.39, 0.29) is 47.5 Å². The maximum atomic E-state index is 14.1. The Kier molecular flexibility index (Phi) is 15.0. The van der Waals surface area contributed by atoms with Gasteiger partial charge in [0.15, 0.2) is 0 Å². The number of unbranched alkanes of at least 4 members (excludes halogenated alkanes) is 5. The summed E-state index contributed by atoms with van der Waals surface area (Å²) in [5.74, 6) is 0.481. The van der Waals surface area contributed by atoms with Gasteiger partial charge in [0, 0.05) is 35.5 Å². The number of fused-ring (bicyclic) bond motifs is 1. The Morgan fingerprint density at radius 3 is 2.42 bits per heavy atom. The molecule has 16 heteroatoms. The molecule has 0 bridgehead atoms. The fourth-order valence-electron chi connectivity index (χ4n) is 6.93. The normalized spacial score (nSPS) is 15.4. The molecule has 0 aliphatic carbocycles. The SMILES string of the molecule is CCS(=O)(=O)OCCCCCCCCn1c(=O)c(C2CCS(=O)(=O)CC2)cc2c(N[C@H](C)c3ccc(-c4ccccc4CN(C)C(=O)OC(C)(C)C)s3)ncnc21. The molecule has 0 radical (unpaired) electrons. The number of aromatic nitrogens is 3. The average molecular weight is 844 g/mol. The van der Waals surface area contributed by atoms with Crippen LogP contribution in [0.25, 0.3) is 21.5 Å². The van der Waals surface area contributed by atoms with Gasteiger partial charge in [0.25, 0.3) is 15.7 Å². The topological polar surface area (TPSA) is 167 Å². The second kappa shape index (κ2) is 19.3. The Balaban J connectivity index is 1.33. The maximum Gasteiger partial charge on any atom is 0.410 e. The van der Waals surface area contributed by atoms with Gasteiger partial charge in [-0.25, -0.2) is 23.2 Å². The number of benzene rings is 1. The Labute approximate surface area is 341 Å². The van der Waals surface area contributed by atoms with Crippen LogP contribution in [0.2, 0.25) is 0 Å². The molecule has 0 spiro atoms. The summed E-state index contributed by atoms with van der Waals surface area (Å²) in [6, 6.07) is 13.9. The van der Waals surface area contributed by atoms with E-state index < -0.39 is 25.6 Å². The zero-order valence-electron chi connectivity index (χ0n) is 34.0. The summed E-state index contributed by atoms with van der Waals surface area (Å²) in [6.07, 6.45) is 6.87. The maximum absolute atomic E-state index is 14.1. The molecule has 1 amide bonds. The predicted octanol–water partition coefficient (Wildman–Crippen LogP) is 8.06. The zero-order valence-corrected chi connectivity index (χ0v) is 36.4. The van der Waals surface area contributed by atoms with Crippen LogP contribution in [-0.4, -0.2) is 78.9 Å². The van der Waals surface area contributed by atoms with E-state index in [4.69, 9.17) is 8.92 Å². The van der Waals surface area contributed by atoms with E-state index in [1.165, 1.54) is 6.33 Å². The van der Waals surface area contributed by atoms with Crippen LogP contribution in [-0.2, 0) is 42.0 Å². The second-order valence-corrected chi connectivity index (χ2v) is 21.1. The first-order valence-corrected chi connectivity index (χ1v) is 24.0. The summed E-state index contributed by atoms with van der Waals surface area (Å²) in [5, 5.41) is 4.29. The monoisotopic (exact) mass is 843 g/mol. The van der Waals surface area contributed by atoms with E-state index >= 15 is 0 Å².